The maximum atomic E-state index is 13.9. The number of anilines is 2. The highest BCUT2D eigenvalue weighted by atomic mass is 35.5. The number of carbonyl (C=O) groups excluding carboxylic acids is 3. The number of carbonyl (C=O) groups is 3. The van der Waals surface area contributed by atoms with Crippen molar-refractivity contribution in [1.82, 2.24) is 0 Å². The Morgan fingerprint density at radius 3 is 1.74 bits per heavy atom. The molecule has 12 heteroatoms. The van der Waals surface area contributed by atoms with Gasteiger partial charge in [-0.15, -0.1) is 0 Å². The lowest BCUT2D eigenvalue weighted by Gasteiger charge is -2.23. The monoisotopic (exact) mass is 634 g/mol. The van der Waals surface area contributed by atoms with Crippen molar-refractivity contribution in [2.75, 3.05) is 10.6 Å². The predicted molar refractivity (Wildman–Crippen MR) is 162 cm³/mol. The third-order valence-electron chi connectivity index (χ3n) is 7.25. The zero-order chi connectivity index (χ0) is 29.4. The fourth-order valence-electron chi connectivity index (χ4n) is 5.37. The molecule has 0 saturated heterocycles. The number of fused-ring (bicyclic) bond motifs is 4. The summed E-state index contributed by atoms with van der Waals surface area (Å²) >= 11 is 25.2. The van der Waals surface area contributed by atoms with E-state index in [0.717, 1.165) is 0 Å². The highest BCUT2D eigenvalue weighted by Crippen LogP contribution is 2.47. The number of halogens is 4. The van der Waals surface area contributed by atoms with Crippen LogP contribution in [0.1, 0.15) is 65.1 Å². The van der Waals surface area contributed by atoms with E-state index in [9.17, 15) is 19.5 Å². The number of nitrogens with one attached hydrogen (secondary N) is 2. The van der Waals surface area contributed by atoms with Crippen molar-refractivity contribution in [2.45, 2.75) is 6.23 Å². The lowest BCUT2D eigenvalue weighted by molar-refractivity contribution is 0.0980. The molecule has 0 saturated carbocycles. The number of benzene rings is 4. The Kier molecular flexibility index (Phi) is 6.23. The summed E-state index contributed by atoms with van der Waals surface area (Å²) < 4.78 is 0. The van der Waals surface area contributed by atoms with Crippen LogP contribution in [0.4, 0.5) is 11.4 Å². The lowest BCUT2D eigenvalue weighted by Crippen LogP contribution is -2.26. The molecule has 0 spiro atoms. The smallest absolute Gasteiger partial charge is 0.279 e. The number of hydrogen-bond acceptors (Lipinski definition) is 7. The van der Waals surface area contributed by atoms with Crippen LogP contribution in [0.3, 0.4) is 0 Å². The summed E-state index contributed by atoms with van der Waals surface area (Å²) in [6, 6.07) is 16.6. The Labute approximate surface area is 257 Å². The molecule has 1 amide bonds. The van der Waals surface area contributed by atoms with Gasteiger partial charge in [0.2, 0.25) is 0 Å². The quantitative estimate of drug-likeness (QED) is 0.143. The minimum atomic E-state index is -1.39. The molecule has 3 N–H and O–H groups in total. The summed E-state index contributed by atoms with van der Waals surface area (Å²) in [5.74, 6) is -0.840. The molecular weight excluding hydrogens is 622 g/mol. The molecule has 2 heterocycles. The predicted octanol–water partition coefficient (Wildman–Crippen LogP) is 6.95. The van der Waals surface area contributed by atoms with Gasteiger partial charge in [0.15, 0.2) is 17.8 Å². The van der Waals surface area contributed by atoms with Crippen molar-refractivity contribution in [1.29, 1.82) is 0 Å². The molecule has 1 aliphatic carbocycles. The first-order valence-electron chi connectivity index (χ1n) is 12.4. The second kappa shape index (κ2) is 9.76. The van der Waals surface area contributed by atoms with E-state index in [-0.39, 0.29) is 70.8 Å². The van der Waals surface area contributed by atoms with Crippen molar-refractivity contribution in [2.24, 2.45) is 9.98 Å². The zero-order valence-electron chi connectivity index (χ0n) is 20.9. The Morgan fingerprint density at radius 1 is 0.595 bits per heavy atom. The summed E-state index contributed by atoms with van der Waals surface area (Å²) in [5, 5.41) is 16.7. The van der Waals surface area contributed by atoms with Gasteiger partial charge in [-0.1, -0.05) is 88.9 Å². The van der Waals surface area contributed by atoms with E-state index in [0.29, 0.717) is 16.8 Å². The zero-order valence-corrected chi connectivity index (χ0v) is 24.0. The largest absolute Gasteiger partial charge is 0.368 e. The molecule has 0 fully saturated rings. The van der Waals surface area contributed by atoms with E-state index >= 15 is 0 Å². The average Bonchev–Trinajstić information content (AvgIpc) is 3.49. The summed E-state index contributed by atoms with van der Waals surface area (Å²) in [5.41, 5.74) is 2.61. The van der Waals surface area contributed by atoms with E-state index in [1.165, 1.54) is 0 Å². The van der Waals surface area contributed by atoms with Gasteiger partial charge in [0.1, 0.15) is 11.7 Å². The highest BCUT2D eigenvalue weighted by Gasteiger charge is 2.37. The van der Waals surface area contributed by atoms with Gasteiger partial charge in [-0.25, -0.2) is 4.99 Å². The standard InChI is InChI=1S/C30H14Cl4N4O4/c31-21-19-20(22(32)24(34)23(21)33)30(42)38-28(19)36-16-10-4-8-14-18(16)26(40)13-7-3-9-15(17(13)25(14)39)35-27-11-5-1-2-6-12(11)29(41)37-27/h1-10,30,42H,(H,36,38)(H,35,37,41). The number of aliphatic imine (C=N–C) groups is 2. The number of aliphatic hydroxyl groups is 1. The maximum Gasteiger partial charge on any atom is 0.279 e. The molecule has 4 aromatic carbocycles. The molecule has 0 bridgehead atoms. The molecule has 1 unspecified atom stereocenters. The highest BCUT2D eigenvalue weighted by molar-refractivity contribution is 6.53. The van der Waals surface area contributed by atoms with Gasteiger partial charge in [-0.05, 0) is 18.2 Å². The molecule has 8 nitrogen and oxygen atoms in total. The van der Waals surface area contributed by atoms with E-state index in [2.05, 4.69) is 20.6 Å². The maximum absolute atomic E-state index is 13.9. The van der Waals surface area contributed by atoms with Gasteiger partial charge in [0.25, 0.3) is 5.91 Å². The van der Waals surface area contributed by atoms with Crippen LogP contribution in [-0.4, -0.2) is 34.3 Å². The van der Waals surface area contributed by atoms with Crippen LogP contribution in [0.15, 0.2) is 70.6 Å². The van der Waals surface area contributed by atoms with Crippen molar-refractivity contribution >= 4 is 86.9 Å². The Morgan fingerprint density at radius 2 is 1.12 bits per heavy atom. The van der Waals surface area contributed by atoms with Crippen molar-refractivity contribution in [3.63, 3.8) is 0 Å². The SMILES string of the molecule is O=C1N=C(Nc2cccc3c2C(=O)c2cccc(NC4=NC(O)c5c(Cl)c(Cl)c(Cl)c(Cl)c54)c2C3=O)c2ccccc21. The molecule has 0 radical (unpaired) electrons. The van der Waals surface area contributed by atoms with E-state index < -0.39 is 23.7 Å². The van der Waals surface area contributed by atoms with Crippen LogP contribution < -0.4 is 10.6 Å². The van der Waals surface area contributed by atoms with Crippen LogP contribution >= 0.6 is 46.4 Å². The average molecular weight is 636 g/mol. The van der Waals surface area contributed by atoms with Crippen LogP contribution in [0.5, 0.6) is 0 Å². The number of amides is 1. The second-order valence-electron chi connectivity index (χ2n) is 9.57. The number of ketones is 2. The molecule has 206 valence electrons. The number of rotatable bonds is 2. The fraction of sp³-hybridized carbons (Fsp3) is 0.0333. The molecular formula is C30H14Cl4N4O4. The normalized spacial score (nSPS) is 16.4. The molecule has 4 aromatic rings. The summed E-state index contributed by atoms with van der Waals surface area (Å²) in [7, 11) is 0. The summed E-state index contributed by atoms with van der Waals surface area (Å²) in [4.78, 5) is 48.5. The number of nitrogens with zero attached hydrogens (tertiary/aromatic N) is 2. The van der Waals surface area contributed by atoms with Crippen LogP contribution in [-0.2, 0) is 0 Å². The van der Waals surface area contributed by atoms with Crippen LogP contribution in [0.25, 0.3) is 0 Å². The fourth-order valence-corrected chi connectivity index (χ4v) is 6.42. The molecule has 3 aliphatic rings. The van der Waals surface area contributed by atoms with Crippen molar-refractivity contribution in [3.8, 4) is 0 Å². The van der Waals surface area contributed by atoms with E-state index in [1.807, 2.05) is 0 Å². The summed E-state index contributed by atoms with van der Waals surface area (Å²) in [6.07, 6.45) is -1.39. The van der Waals surface area contributed by atoms with Gasteiger partial charge < -0.3 is 15.7 Å². The number of hydrogen-bond donors (Lipinski definition) is 3. The molecule has 42 heavy (non-hydrogen) atoms. The van der Waals surface area contributed by atoms with E-state index in [4.69, 9.17) is 46.4 Å². The van der Waals surface area contributed by atoms with Crippen LogP contribution in [0, 0.1) is 0 Å². The van der Waals surface area contributed by atoms with E-state index in [1.54, 1.807) is 60.7 Å². The van der Waals surface area contributed by atoms with Crippen molar-refractivity contribution < 1.29 is 19.5 Å². The first-order valence-corrected chi connectivity index (χ1v) is 13.9. The second-order valence-corrected chi connectivity index (χ2v) is 11.1. The van der Waals surface area contributed by atoms with Crippen molar-refractivity contribution in [3.05, 3.63) is 125 Å². The van der Waals surface area contributed by atoms with Crippen LogP contribution in [0.2, 0.25) is 20.1 Å². The Hall–Kier alpha value is -4.05. The van der Waals surface area contributed by atoms with Gasteiger partial charge in [-0.3, -0.25) is 14.4 Å². The van der Waals surface area contributed by atoms with Gasteiger partial charge in [0, 0.05) is 27.8 Å². The Bertz CT molecular complexity index is 2020. The van der Waals surface area contributed by atoms with Gasteiger partial charge in [0.05, 0.1) is 48.2 Å². The first-order chi connectivity index (χ1) is 20.2. The first kappa shape index (κ1) is 26.8. The molecule has 1 atom stereocenters. The summed E-state index contributed by atoms with van der Waals surface area (Å²) in [6.45, 7) is 0. The van der Waals surface area contributed by atoms with Gasteiger partial charge >= 0.3 is 0 Å². The lowest BCUT2D eigenvalue weighted by atomic mass is 9.82. The number of aliphatic hydroxyl groups excluding tert-OH is 1. The van der Waals surface area contributed by atoms with Gasteiger partial charge in [-0.2, -0.15) is 4.99 Å². The topological polar surface area (TPSA) is 120 Å². The third-order valence-corrected chi connectivity index (χ3v) is 9.07. The molecule has 0 aromatic heterocycles. The molecule has 2 aliphatic heterocycles. The number of amidine groups is 2. The Balaban J connectivity index is 1.29. The third kappa shape index (κ3) is 3.84. The minimum absolute atomic E-state index is 0.000564. The molecule has 7 rings (SSSR count). The minimum Gasteiger partial charge on any atom is -0.368 e.